The van der Waals surface area contributed by atoms with Gasteiger partial charge in [0.05, 0.1) is 0 Å². The van der Waals surface area contributed by atoms with E-state index in [0.717, 1.165) is 17.8 Å². The van der Waals surface area contributed by atoms with E-state index in [1.165, 1.54) is 5.56 Å². The Balaban J connectivity index is 1.97. The molecule has 0 aliphatic carbocycles. The minimum atomic E-state index is 0.473. The molecule has 0 saturated carbocycles. The maximum atomic E-state index is 5.39. The molecular weight excluding hydrogens is 218 g/mol. The number of hydrogen-bond donors (Lipinski definition) is 1. The number of benzene rings is 2. The van der Waals surface area contributed by atoms with Crippen molar-refractivity contribution in [1.82, 2.24) is 0 Å². The van der Waals surface area contributed by atoms with E-state index in [0.29, 0.717) is 5.92 Å². The van der Waals surface area contributed by atoms with Gasteiger partial charge in [0.1, 0.15) is 0 Å². The second-order valence-corrected chi connectivity index (χ2v) is 4.42. The lowest BCUT2D eigenvalue weighted by Gasteiger charge is -2.14. The molecule has 0 aliphatic heterocycles. The van der Waals surface area contributed by atoms with Crippen molar-refractivity contribution < 1.29 is 0 Å². The summed E-state index contributed by atoms with van der Waals surface area (Å²) in [6.45, 7) is 3.12. The van der Waals surface area contributed by atoms with E-state index in [-0.39, 0.29) is 0 Å². The lowest BCUT2D eigenvalue weighted by Crippen LogP contribution is -2.09. The zero-order valence-corrected chi connectivity index (χ0v) is 10.6. The summed E-state index contributed by atoms with van der Waals surface area (Å²) >= 11 is 0. The van der Waals surface area contributed by atoms with Gasteiger partial charge in [0, 0.05) is 17.8 Å². The van der Waals surface area contributed by atoms with Gasteiger partial charge in [0.2, 0.25) is 0 Å². The number of hydrogen-bond acceptors (Lipinski definition) is 1. The molecule has 0 aromatic heterocycles. The fourth-order valence-electron chi connectivity index (χ4n) is 1.89. The van der Waals surface area contributed by atoms with Gasteiger partial charge >= 0.3 is 0 Å². The van der Waals surface area contributed by atoms with Crippen LogP contribution in [0.15, 0.2) is 54.6 Å². The standard InChI is InChI=1S/C17H17N/c1-3-15-8-7-11-17(12-15)18-13-14(2)16-9-5-4-6-10-16/h1,4-12,14,18H,13H2,2H3. The highest BCUT2D eigenvalue weighted by molar-refractivity contribution is 5.50. The van der Waals surface area contributed by atoms with Crippen molar-refractivity contribution in [3.8, 4) is 12.3 Å². The van der Waals surface area contributed by atoms with Crippen LogP contribution in [0.4, 0.5) is 5.69 Å². The van der Waals surface area contributed by atoms with E-state index in [1.807, 2.05) is 30.3 Å². The number of nitrogens with one attached hydrogen (secondary N) is 1. The third-order valence-corrected chi connectivity index (χ3v) is 3.01. The number of anilines is 1. The van der Waals surface area contributed by atoms with Crippen LogP contribution in [0.5, 0.6) is 0 Å². The molecule has 0 amide bonds. The molecule has 1 atom stereocenters. The molecule has 1 unspecified atom stereocenters. The molecular formula is C17H17N. The summed E-state index contributed by atoms with van der Waals surface area (Å²) in [7, 11) is 0. The molecule has 90 valence electrons. The van der Waals surface area contributed by atoms with Crippen molar-refractivity contribution in [2.75, 3.05) is 11.9 Å². The third-order valence-electron chi connectivity index (χ3n) is 3.01. The molecule has 2 aromatic carbocycles. The minimum Gasteiger partial charge on any atom is -0.384 e. The van der Waals surface area contributed by atoms with E-state index in [9.17, 15) is 0 Å². The Morgan fingerprint density at radius 3 is 2.61 bits per heavy atom. The highest BCUT2D eigenvalue weighted by Crippen LogP contribution is 2.16. The van der Waals surface area contributed by atoms with Crippen LogP contribution in [-0.2, 0) is 0 Å². The van der Waals surface area contributed by atoms with Crippen LogP contribution in [0.3, 0.4) is 0 Å². The topological polar surface area (TPSA) is 12.0 Å². The smallest absolute Gasteiger partial charge is 0.0352 e. The van der Waals surface area contributed by atoms with Gasteiger partial charge in [0.15, 0.2) is 0 Å². The fraction of sp³-hybridized carbons (Fsp3) is 0.176. The summed E-state index contributed by atoms with van der Waals surface area (Å²) in [6.07, 6.45) is 5.39. The molecule has 18 heavy (non-hydrogen) atoms. The van der Waals surface area contributed by atoms with Crippen LogP contribution >= 0.6 is 0 Å². The van der Waals surface area contributed by atoms with Gasteiger partial charge in [-0.1, -0.05) is 49.2 Å². The van der Waals surface area contributed by atoms with Crippen molar-refractivity contribution in [1.29, 1.82) is 0 Å². The van der Waals surface area contributed by atoms with Crippen molar-refractivity contribution in [3.63, 3.8) is 0 Å². The summed E-state index contributed by atoms with van der Waals surface area (Å²) in [5, 5.41) is 3.42. The minimum absolute atomic E-state index is 0.473. The van der Waals surface area contributed by atoms with E-state index < -0.39 is 0 Å². The second-order valence-electron chi connectivity index (χ2n) is 4.42. The molecule has 0 radical (unpaired) electrons. The third kappa shape index (κ3) is 3.15. The molecule has 1 N–H and O–H groups in total. The Bertz CT molecular complexity index is 537. The highest BCUT2D eigenvalue weighted by Gasteiger charge is 2.04. The van der Waals surface area contributed by atoms with Gasteiger partial charge in [-0.05, 0) is 29.7 Å². The van der Waals surface area contributed by atoms with E-state index in [1.54, 1.807) is 0 Å². The van der Waals surface area contributed by atoms with Gasteiger partial charge in [-0.25, -0.2) is 0 Å². The lowest BCUT2D eigenvalue weighted by molar-refractivity contribution is 0.805. The maximum absolute atomic E-state index is 5.39. The Hall–Kier alpha value is -2.20. The maximum Gasteiger partial charge on any atom is 0.0352 e. The Labute approximate surface area is 109 Å². The van der Waals surface area contributed by atoms with Crippen LogP contribution in [0.25, 0.3) is 0 Å². The van der Waals surface area contributed by atoms with E-state index in [4.69, 9.17) is 6.42 Å². The van der Waals surface area contributed by atoms with Crippen molar-refractivity contribution in [2.24, 2.45) is 0 Å². The van der Waals surface area contributed by atoms with E-state index in [2.05, 4.69) is 42.4 Å². The molecule has 1 nitrogen and oxygen atoms in total. The SMILES string of the molecule is C#Cc1cccc(NCC(C)c2ccccc2)c1. The van der Waals surface area contributed by atoms with E-state index >= 15 is 0 Å². The summed E-state index contributed by atoms with van der Waals surface area (Å²) in [5.74, 6) is 3.12. The number of rotatable bonds is 4. The Kier molecular flexibility index (Phi) is 4.04. The fourth-order valence-corrected chi connectivity index (χ4v) is 1.89. The average Bonchev–Trinajstić information content (AvgIpc) is 2.46. The first-order valence-electron chi connectivity index (χ1n) is 6.15. The Morgan fingerprint density at radius 1 is 1.11 bits per heavy atom. The molecule has 1 heteroatoms. The highest BCUT2D eigenvalue weighted by atomic mass is 14.9. The molecule has 2 rings (SSSR count). The molecule has 2 aromatic rings. The predicted octanol–water partition coefficient (Wildman–Crippen LogP) is 3.88. The van der Waals surface area contributed by atoms with Crippen LogP contribution in [0, 0.1) is 12.3 Å². The van der Waals surface area contributed by atoms with Gasteiger partial charge in [-0.2, -0.15) is 0 Å². The predicted molar refractivity (Wildman–Crippen MR) is 77.7 cm³/mol. The Morgan fingerprint density at radius 2 is 1.89 bits per heavy atom. The molecule has 0 fully saturated rings. The number of terminal acetylenes is 1. The molecule has 0 bridgehead atoms. The van der Waals surface area contributed by atoms with Gasteiger partial charge < -0.3 is 5.32 Å². The van der Waals surface area contributed by atoms with Crippen LogP contribution in [-0.4, -0.2) is 6.54 Å². The monoisotopic (exact) mass is 235 g/mol. The zero-order valence-electron chi connectivity index (χ0n) is 10.6. The molecule has 0 saturated heterocycles. The summed E-state index contributed by atoms with van der Waals surface area (Å²) in [6, 6.07) is 18.5. The summed E-state index contributed by atoms with van der Waals surface area (Å²) < 4.78 is 0. The van der Waals surface area contributed by atoms with Crippen molar-refractivity contribution in [2.45, 2.75) is 12.8 Å². The van der Waals surface area contributed by atoms with Gasteiger partial charge in [-0.15, -0.1) is 6.42 Å². The first kappa shape index (κ1) is 12.3. The van der Waals surface area contributed by atoms with Crippen molar-refractivity contribution in [3.05, 3.63) is 65.7 Å². The largest absolute Gasteiger partial charge is 0.384 e. The quantitative estimate of drug-likeness (QED) is 0.793. The normalized spacial score (nSPS) is 11.6. The second kappa shape index (κ2) is 5.93. The van der Waals surface area contributed by atoms with Crippen LogP contribution in [0.1, 0.15) is 24.0 Å². The van der Waals surface area contributed by atoms with Gasteiger partial charge in [0.25, 0.3) is 0 Å². The first-order valence-corrected chi connectivity index (χ1v) is 6.15. The summed E-state index contributed by atoms with van der Waals surface area (Å²) in [4.78, 5) is 0. The van der Waals surface area contributed by atoms with Crippen molar-refractivity contribution >= 4 is 5.69 Å². The van der Waals surface area contributed by atoms with Crippen LogP contribution in [0.2, 0.25) is 0 Å². The average molecular weight is 235 g/mol. The molecule has 0 aliphatic rings. The molecule has 0 heterocycles. The molecule has 0 spiro atoms. The zero-order chi connectivity index (χ0) is 12.8. The first-order chi connectivity index (χ1) is 8.79. The van der Waals surface area contributed by atoms with Gasteiger partial charge in [-0.3, -0.25) is 0 Å². The summed E-state index contributed by atoms with van der Waals surface area (Å²) in [5.41, 5.74) is 3.33. The van der Waals surface area contributed by atoms with Crippen LogP contribution < -0.4 is 5.32 Å². The lowest BCUT2D eigenvalue weighted by atomic mass is 10.0.